The number of rotatable bonds is 5. The summed E-state index contributed by atoms with van der Waals surface area (Å²) < 4.78 is 10.9. The van der Waals surface area contributed by atoms with Gasteiger partial charge in [-0.1, -0.05) is 140 Å². The fraction of sp³-hybridized carbons (Fsp3) is 0. The van der Waals surface area contributed by atoms with E-state index < -0.39 is 0 Å². The van der Waals surface area contributed by atoms with E-state index in [1.165, 1.54) is 48.5 Å². The third-order valence-electron chi connectivity index (χ3n) is 13.9. The summed E-state index contributed by atoms with van der Waals surface area (Å²) in [5, 5.41) is 14.2. The van der Waals surface area contributed by atoms with E-state index in [1.54, 1.807) is 0 Å². The Kier molecular flexibility index (Phi) is 7.40. The van der Waals surface area contributed by atoms with Crippen LogP contribution >= 0.6 is 0 Å². The minimum absolute atomic E-state index is 0.573. The van der Waals surface area contributed by atoms with Crippen molar-refractivity contribution in [2.75, 3.05) is 0 Å². The Morgan fingerprint density at radius 1 is 0.299 bits per heavy atom. The van der Waals surface area contributed by atoms with E-state index in [4.69, 9.17) is 19.4 Å². The van der Waals surface area contributed by atoms with E-state index in [0.717, 1.165) is 77.3 Å². The highest BCUT2D eigenvalue weighted by atomic mass is 16.3. The van der Waals surface area contributed by atoms with Crippen LogP contribution in [-0.4, -0.2) is 24.1 Å². The van der Waals surface area contributed by atoms with E-state index in [-0.39, 0.29) is 0 Å². The Balaban J connectivity index is 0.961. The van der Waals surface area contributed by atoms with Gasteiger partial charge >= 0.3 is 0 Å². The molecule has 4 aromatic heterocycles. The molecule has 11 aromatic carbocycles. The smallest absolute Gasteiger partial charge is 0.238 e. The Labute approximate surface area is 382 Å². The molecular weight excluding hydrogens is 819 g/mol. The molecule has 6 nitrogen and oxygen atoms in total. The lowest BCUT2D eigenvalue weighted by atomic mass is 9.90. The number of fused-ring (bicyclic) bond motifs is 11. The van der Waals surface area contributed by atoms with Crippen molar-refractivity contribution in [3.8, 4) is 45.5 Å². The van der Waals surface area contributed by atoms with Gasteiger partial charge in [0.1, 0.15) is 11.2 Å². The van der Waals surface area contributed by atoms with Crippen molar-refractivity contribution in [1.82, 2.24) is 24.1 Å². The lowest BCUT2D eigenvalue weighted by molar-refractivity contribution is 0.669. The molecule has 0 bridgehead atoms. The van der Waals surface area contributed by atoms with Gasteiger partial charge in [0.15, 0.2) is 11.6 Å². The van der Waals surface area contributed by atoms with Crippen LogP contribution in [0.4, 0.5) is 0 Å². The van der Waals surface area contributed by atoms with E-state index in [2.05, 4.69) is 191 Å². The maximum absolute atomic E-state index is 6.34. The highest BCUT2D eigenvalue weighted by molar-refractivity contribution is 6.38. The zero-order chi connectivity index (χ0) is 43.7. The molecule has 0 aliphatic rings. The predicted octanol–water partition coefficient (Wildman–Crippen LogP) is 15.9. The van der Waals surface area contributed by atoms with Gasteiger partial charge in [-0.05, 0) is 116 Å². The second-order valence-corrected chi connectivity index (χ2v) is 17.5. The molecular formula is C61H35N5O. The van der Waals surface area contributed by atoms with E-state index in [1.807, 2.05) is 30.3 Å². The Bertz CT molecular complexity index is 4510. The van der Waals surface area contributed by atoms with E-state index >= 15 is 0 Å². The molecule has 0 aliphatic heterocycles. The largest absolute Gasteiger partial charge is 0.456 e. The Hall–Kier alpha value is -9.13. The first-order valence-corrected chi connectivity index (χ1v) is 22.7. The molecule has 310 valence electrons. The van der Waals surface area contributed by atoms with Crippen molar-refractivity contribution in [1.29, 1.82) is 0 Å². The summed E-state index contributed by atoms with van der Waals surface area (Å²) in [5.74, 6) is 1.80. The van der Waals surface area contributed by atoms with Gasteiger partial charge in [-0.3, -0.25) is 4.57 Å². The van der Waals surface area contributed by atoms with Crippen LogP contribution in [0.15, 0.2) is 217 Å². The minimum atomic E-state index is 0.573. The maximum atomic E-state index is 6.34. The Morgan fingerprint density at radius 2 is 0.866 bits per heavy atom. The normalized spacial score (nSPS) is 12.2. The molecule has 0 spiro atoms. The molecule has 4 heterocycles. The Morgan fingerprint density at radius 3 is 1.72 bits per heavy atom. The van der Waals surface area contributed by atoms with Gasteiger partial charge in [-0.25, -0.2) is 4.98 Å². The zero-order valence-electron chi connectivity index (χ0n) is 35.9. The number of hydrogen-bond donors (Lipinski definition) is 0. The van der Waals surface area contributed by atoms with E-state index in [9.17, 15) is 0 Å². The summed E-state index contributed by atoms with van der Waals surface area (Å²) in [6, 6.07) is 75.5. The van der Waals surface area contributed by atoms with Crippen molar-refractivity contribution in [3.63, 3.8) is 0 Å². The quantitative estimate of drug-likeness (QED) is 0.162. The van der Waals surface area contributed by atoms with Crippen molar-refractivity contribution in [2.24, 2.45) is 0 Å². The molecule has 0 N–H and O–H groups in total. The monoisotopic (exact) mass is 853 g/mol. The van der Waals surface area contributed by atoms with Gasteiger partial charge < -0.3 is 8.98 Å². The number of nitrogens with zero attached hydrogens (tertiary/aromatic N) is 5. The van der Waals surface area contributed by atoms with Crippen molar-refractivity contribution in [3.05, 3.63) is 212 Å². The average Bonchev–Trinajstić information content (AvgIpc) is 4.06. The summed E-state index contributed by atoms with van der Waals surface area (Å²) in [4.78, 5) is 15.9. The lowest BCUT2D eigenvalue weighted by Gasteiger charge is -2.13. The summed E-state index contributed by atoms with van der Waals surface area (Å²) >= 11 is 0. The molecule has 15 aromatic rings. The molecule has 0 radical (unpaired) electrons. The van der Waals surface area contributed by atoms with Gasteiger partial charge in [-0.15, -0.1) is 0 Å². The molecule has 0 amide bonds. The molecule has 0 unspecified atom stereocenters. The van der Waals surface area contributed by atoms with Crippen LogP contribution in [0.3, 0.4) is 0 Å². The highest BCUT2D eigenvalue weighted by Crippen LogP contribution is 2.46. The standard InChI is InChI=1S/C61H35N5O/c1-3-13-37(14-4-1)59-62-60(40-29-32-51-49(34-40)42-17-7-9-21-50(42)65(51)41-15-5-2-6-16-41)64-61(63-59)66-52-22-11-19-45-46-31-27-36-25-26-38(33-48(36)56(46)47-20-12-23-53(66)58(47)57(45)52)39-28-30-44-43-18-8-10-24-54(43)67-55(44)35-39/h1-35H. The first-order valence-electron chi connectivity index (χ1n) is 22.7. The third-order valence-corrected chi connectivity index (χ3v) is 13.9. The number of para-hydroxylation sites is 3. The maximum Gasteiger partial charge on any atom is 0.238 e. The molecule has 0 fully saturated rings. The highest BCUT2D eigenvalue weighted by Gasteiger charge is 2.24. The third kappa shape index (κ3) is 5.23. The molecule has 0 saturated carbocycles. The molecule has 15 rings (SSSR count). The van der Waals surface area contributed by atoms with Crippen LogP contribution in [-0.2, 0) is 0 Å². The molecule has 6 heteroatoms. The summed E-state index contributed by atoms with van der Waals surface area (Å²) in [6.45, 7) is 0. The topological polar surface area (TPSA) is 61.7 Å². The number of furan rings is 1. The fourth-order valence-electron chi connectivity index (χ4n) is 11.0. The summed E-state index contributed by atoms with van der Waals surface area (Å²) in [5.41, 5.74) is 11.4. The first-order chi connectivity index (χ1) is 33.2. The number of benzene rings is 11. The van der Waals surface area contributed by atoms with Crippen LogP contribution in [0, 0.1) is 0 Å². The first kappa shape index (κ1) is 36.2. The van der Waals surface area contributed by atoms with Gasteiger partial charge in [0.05, 0.1) is 22.1 Å². The van der Waals surface area contributed by atoms with Gasteiger partial charge in [0.25, 0.3) is 0 Å². The van der Waals surface area contributed by atoms with Crippen LogP contribution < -0.4 is 0 Å². The van der Waals surface area contributed by atoms with Crippen LogP contribution in [0.2, 0.25) is 0 Å². The average molecular weight is 854 g/mol. The van der Waals surface area contributed by atoms with Gasteiger partial charge in [0, 0.05) is 49.1 Å². The van der Waals surface area contributed by atoms with Crippen molar-refractivity contribution >= 4 is 97.9 Å². The summed E-state index contributed by atoms with van der Waals surface area (Å²) in [6.07, 6.45) is 0. The van der Waals surface area contributed by atoms with Gasteiger partial charge in [-0.2, -0.15) is 9.97 Å². The second-order valence-electron chi connectivity index (χ2n) is 17.5. The van der Waals surface area contributed by atoms with E-state index in [0.29, 0.717) is 17.6 Å². The molecule has 0 atom stereocenters. The SMILES string of the molecule is c1ccc(-c2nc(-c3ccc4c(c3)c3ccccc3n4-c3ccccc3)nc(-n3c4cccc5c6ccc7ccc(-c8ccc9c(c8)oc8ccccc89)cc7c6c6cccc3c6c54)n2)cc1. The summed E-state index contributed by atoms with van der Waals surface area (Å²) in [7, 11) is 0. The molecule has 67 heavy (non-hydrogen) atoms. The fourth-order valence-corrected chi connectivity index (χ4v) is 11.0. The van der Waals surface area contributed by atoms with Gasteiger partial charge in [0.2, 0.25) is 5.95 Å². The number of aromatic nitrogens is 5. The minimum Gasteiger partial charge on any atom is -0.456 e. The van der Waals surface area contributed by atoms with Crippen LogP contribution in [0.1, 0.15) is 0 Å². The lowest BCUT2D eigenvalue weighted by Crippen LogP contribution is -2.06. The van der Waals surface area contributed by atoms with Crippen LogP contribution in [0.5, 0.6) is 0 Å². The predicted molar refractivity (Wildman–Crippen MR) is 276 cm³/mol. The zero-order valence-corrected chi connectivity index (χ0v) is 35.9. The van der Waals surface area contributed by atoms with Crippen molar-refractivity contribution in [2.45, 2.75) is 0 Å². The second kappa shape index (κ2) is 13.7. The number of hydrogen-bond acceptors (Lipinski definition) is 4. The molecule has 0 saturated heterocycles. The van der Waals surface area contributed by atoms with Crippen molar-refractivity contribution < 1.29 is 4.42 Å². The van der Waals surface area contributed by atoms with Crippen LogP contribution in [0.25, 0.3) is 143 Å². The molecule has 0 aliphatic carbocycles.